The van der Waals surface area contributed by atoms with Crippen LogP contribution in [-0.2, 0) is 13.0 Å². The summed E-state index contributed by atoms with van der Waals surface area (Å²) in [6, 6.07) is 7.49. The van der Waals surface area contributed by atoms with Crippen molar-refractivity contribution in [2.24, 2.45) is 0 Å². The largest absolute Gasteiger partial charge is 0.486 e. The standard InChI is InChI=1S/C19H17N3O3/c1-2-19-20-7-8-22(19)13-15-12-16(25-21-15)5-3-14-4-6-17-18(11-14)24-10-9-23-17/h4,6-8,11-12H,2,9-10,13H2,1H3. The Balaban J connectivity index is 1.49. The first kappa shape index (κ1) is 15.3. The zero-order valence-corrected chi connectivity index (χ0v) is 13.9. The van der Waals surface area contributed by atoms with E-state index >= 15 is 0 Å². The van der Waals surface area contributed by atoms with Gasteiger partial charge in [0.15, 0.2) is 11.5 Å². The van der Waals surface area contributed by atoms with Gasteiger partial charge in [0.2, 0.25) is 5.76 Å². The third-order valence-corrected chi connectivity index (χ3v) is 3.88. The predicted octanol–water partition coefficient (Wildman–Crippen LogP) is 2.65. The summed E-state index contributed by atoms with van der Waals surface area (Å²) in [7, 11) is 0. The minimum Gasteiger partial charge on any atom is -0.486 e. The fourth-order valence-electron chi connectivity index (χ4n) is 2.67. The molecule has 1 aromatic carbocycles. The lowest BCUT2D eigenvalue weighted by molar-refractivity contribution is 0.171. The number of benzene rings is 1. The molecule has 0 aliphatic carbocycles. The molecule has 0 atom stereocenters. The van der Waals surface area contributed by atoms with Gasteiger partial charge >= 0.3 is 0 Å². The van der Waals surface area contributed by atoms with Gasteiger partial charge in [-0.3, -0.25) is 0 Å². The van der Waals surface area contributed by atoms with Gasteiger partial charge in [0.05, 0.1) is 6.54 Å². The van der Waals surface area contributed by atoms with E-state index in [0.29, 0.717) is 25.5 Å². The topological polar surface area (TPSA) is 62.3 Å². The molecule has 0 N–H and O–H groups in total. The number of rotatable bonds is 3. The van der Waals surface area contributed by atoms with Crippen LogP contribution in [0.2, 0.25) is 0 Å². The van der Waals surface area contributed by atoms with Gasteiger partial charge in [-0.25, -0.2) is 4.98 Å². The summed E-state index contributed by atoms with van der Waals surface area (Å²) in [5.41, 5.74) is 1.66. The van der Waals surface area contributed by atoms with E-state index in [0.717, 1.165) is 35.0 Å². The highest BCUT2D eigenvalue weighted by Crippen LogP contribution is 2.30. The van der Waals surface area contributed by atoms with Crippen LogP contribution < -0.4 is 9.47 Å². The van der Waals surface area contributed by atoms with Crippen molar-refractivity contribution in [3.05, 3.63) is 59.5 Å². The van der Waals surface area contributed by atoms with Gasteiger partial charge in [-0.05, 0) is 24.1 Å². The van der Waals surface area contributed by atoms with E-state index in [1.807, 2.05) is 30.5 Å². The van der Waals surface area contributed by atoms with Gasteiger partial charge in [0, 0.05) is 30.4 Å². The Morgan fingerprint density at radius 2 is 2.00 bits per heavy atom. The van der Waals surface area contributed by atoms with Crippen LogP contribution in [0.25, 0.3) is 0 Å². The Morgan fingerprint density at radius 3 is 2.88 bits per heavy atom. The van der Waals surface area contributed by atoms with Crippen LogP contribution in [0.5, 0.6) is 11.5 Å². The van der Waals surface area contributed by atoms with Gasteiger partial charge in [-0.15, -0.1) is 0 Å². The van der Waals surface area contributed by atoms with Crippen LogP contribution in [-0.4, -0.2) is 27.9 Å². The van der Waals surface area contributed by atoms with Crippen molar-refractivity contribution in [2.75, 3.05) is 13.2 Å². The lowest BCUT2D eigenvalue weighted by Crippen LogP contribution is -2.15. The predicted molar refractivity (Wildman–Crippen MR) is 90.6 cm³/mol. The molecule has 1 aliphatic rings. The number of hydrogen-bond donors (Lipinski definition) is 0. The smallest absolute Gasteiger partial charge is 0.210 e. The van der Waals surface area contributed by atoms with Crippen LogP contribution >= 0.6 is 0 Å². The minimum absolute atomic E-state index is 0.531. The molecule has 25 heavy (non-hydrogen) atoms. The summed E-state index contributed by atoms with van der Waals surface area (Å²) in [5, 5.41) is 4.08. The second-order valence-corrected chi connectivity index (χ2v) is 5.62. The van der Waals surface area contributed by atoms with Crippen molar-refractivity contribution >= 4 is 0 Å². The molecule has 6 heteroatoms. The van der Waals surface area contributed by atoms with Crippen molar-refractivity contribution in [1.29, 1.82) is 0 Å². The van der Waals surface area contributed by atoms with Crippen LogP contribution in [0.15, 0.2) is 41.2 Å². The van der Waals surface area contributed by atoms with Gasteiger partial charge < -0.3 is 18.6 Å². The van der Waals surface area contributed by atoms with E-state index in [1.54, 1.807) is 6.20 Å². The van der Waals surface area contributed by atoms with E-state index in [-0.39, 0.29) is 0 Å². The lowest BCUT2D eigenvalue weighted by Gasteiger charge is -2.17. The summed E-state index contributed by atoms with van der Waals surface area (Å²) in [5.74, 6) is 9.10. The molecule has 2 aromatic heterocycles. The number of hydrogen-bond acceptors (Lipinski definition) is 5. The highest BCUT2D eigenvalue weighted by Gasteiger charge is 2.11. The normalized spacial score (nSPS) is 12.5. The van der Waals surface area contributed by atoms with Crippen molar-refractivity contribution < 1.29 is 14.0 Å². The number of nitrogens with zero attached hydrogens (tertiary/aromatic N) is 3. The number of ether oxygens (including phenoxy) is 2. The van der Waals surface area contributed by atoms with Gasteiger partial charge in [0.25, 0.3) is 0 Å². The number of aromatic nitrogens is 3. The molecule has 0 unspecified atom stereocenters. The lowest BCUT2D eigenvalue weighted by atomic mass is 10.2. The molecule has 3 heterocycles. The van der Waals surface area contributed by atoms with E-state index in [9.17, 15) is 0 Å². The second-order valence-electron chi connectivity index (χ2n) is 5.62. The Bertz CT molecular complexity index is 946. The molecule has 4 rings (SSSR count). The van der Waals surface area contributed by atoms with E-state index < -0.39 is 0 Å². The van der Waals surface area contributed by atoms with Gasteiger partial charge in [-0.2, -0.15) is 0 Å². The molecular weight excluding hydrogens is 318 g/mol. The summed E-state index contributed by atoms with van der Waals surface area (Å²) in [6.07, 6.45) is 4.61. The monoisotopic (exact) mass is 335 g/mol. The maximum absolute atomic E-state index is 5.56. The quantitative estimate of drug-likeness (QED) is 0.689. The first-order valence-electron chi connectivity index (χ1n) is 8.19. The number of aryl methyl sites for hydroxylation is 1. The summed E-state index contributed by atoms with van der Waals surface area (Å²) in [6.45, 7) is 3.84. The first-order chi connectivity index (χ1) is 12.3. The van der Waals surface area contributed by atoms with Gasteiger partial charge in [-0.1, -0.05) is 18.0 Å². The molecule has 3 aromatic rings. The first-order valence-corrected chi connectivity index (χ1v) is 8.19. The van der Waals surface area contributed by atoms with Crippen molar-refractivity contribution in [3.8, 4) is 23.3 Å². The fraction of sp³-hybridized carbons (Fsp3) is 0.263. The fourth-order valence-corrected chi connectivity index (χ4v) is 2.67. The van der Waals surface area contributed by atoms with Crippen molar-refractivity contribution in [3.63, 3.8) is 0 Å². The maximum Gasteiger partial charge on any atom is 0.210 e. The third-order valence-electron chi connectivity index (χ3n) is 3.88. The van der Waals surface area contributed by atoms with Gasteiger partial charge in [0.1, 0.15) is 24.7 Å². The molecule has 6 nitrogen and oxygen atoms in total. The molecule has 0 spiro atoms. The highest BCUT2D eigenvalue weighted by molar-refractivity contribution is 5.50. The molecule has 126 valence electrons. The Kier molecular flexibility index (Phi) is 4.13. The summed E-state index contributed by atoms with van der Waals surface area (Å²) < 4.78 is 18.4. The summed E-state index contributed by atoms with van der Waals surface area (Å²) in [4.78, 5) is 4.30. The second kappa shape index (κ2) is 6.73. The van der Waals surface area contributed by atoms with Crippen LogP contribution in [0.1, 0.15) is 29.8 Å². The average molecular weight is 335 g/mol. The van der Waals surface area contributed by atoms with Crippen LogP contribution in [0.4, 0.5) is 0 Å². The zero-order chi connectivity index (χ0) is 17.1. The molecule has 0 radical (unpaired) electrons. The molecule has 0 amide bonds. The van der Waals surface area contributed by atoms with E-state index in [1.165, 1.54) is 0 Å². The number of imidazole rings is 1. The summed E-state index contributed by atoms with van der Waals surface area (Å²) >= 11 is 0. The third kappa shape index (κ3) is 3.36. The molecule has 1 aliphatic heterocycles. The van der Waals surface area contributed by atoms with Crippen LogP contribution in [0, 0.1) is 11.8 Å². The SMILES string of the molecule is CCc1nccn1Cc1cc(C#Cc2ccc3c(c2)OCCO3)on1. The average Bonchev–Trinajstić information content (AvgIpc) is 3.29. The Labute approximate surface area is 145 Å². The maximum atomic E-state index is 5.56. The Morgan fingerprint density at radius 1 is 1.12 bits per heavy atom. The zero-order valence-electron chi connectivity index (χ0n) is 13.9. The van der Waals surface area contributed by atoms with Crippen molar-refractivity contribution in [1.82, 2.24) is 14.7 Å². The molecule has 0 saturated heterocycles. The van der Waals surface area contributed by atoms with E-state index in [2.05, 4.69) is 33.5 Å². The molecular formula is C19H17N3O3. The molecule has 0 fully saturated rings. The van der Waals surface area contributed by atoms with Crippen LogP contribution in [0.3, 0.4) is 0 Å². The number of fused-ring (bicyclic) bond motifs is 1. The molecule has 0 bridgehead atoms. The Hall–Kier alpha value is -3.20. The highest BCUT2D eigenvalue weighted by atomic mass is 16.6. The van der Waals surface area contributed by atoms with Crippen molar-refractivity contribution in [2.45, 2.75) is 19.9 Å². The molecule has 0 saturated carbocycles. The van der Waals surface area contributed by atoms with E-state index in [4.69, 9.17) is 14.0 Å². The minimum atomic E-state index is 0.531.